The van der Waals surface area contributed by atoms with Crippen molar-refractivity contribution in [3.63, 3.8) is 0 Å². The van der Waals surface area contributed by atoms with Crippen molar-refractivity contribution in [1.29, 1.82) is 0 Å². The van der Waals surface area contributed by atoms with Gasteiger partial charge in [-0.25, -0.2) is 9.97 Å². The summed E-state index contributed by atoms with van der Waals surface area (Å²) < 4.78 is 3.73. The van der Waals surface area contributed by atoms with Crippen molar-refractivity contribution in [1.82, 2.24) is 14.5 Å². The summed E-state index contributed by atoms with van der Waals surface area (Å²) in [6, 6.07) is 7.68. The van der Waals surface area contributed by atoms with Gasteiger partial charge in [-0.2, -0.15) is 0 Å². The van der Waals surface area contributed by atoms with Gasteiger partial charge in [-0.05, 0) is 56.1 Å². The van der Waals surface area contributed by atoms with Crippen LogP contribution in [0.1, 0.15) is 5.82 Å². The second kappa shape index (κ2) is 6.24. The molecule has 0 atom stereocenters. The average molecular weight is 450 g/mol. The molecule has 0 unspecified atom stereocenters. The quantitative estimate of drug-likeness (QED) is 0.502. The first kappa shape index (κ1) is 15.3. The fourth-order valence-corrected chi connectivity index (χ4v) is 3.11. The summed E-state index contributed by atoms with van der Waals surface area (Å²) in [6.07, 6.45) is 2.42. The van der Waals surface area contributed by atoms with Gasteiger partial charge in [0.1, 0.15) is 11.3 Å². The van der Waals surface area contributed by atoms with Crippen molar-refractivity contribution in [2.24, 2.45) is 0 Å². The van der Waals surface area contributed by atoms with Crippen molar-refractivity contribution < 1.29 is 0 Å². The van der Waals surface area contributed by atoms with Crippen molar-refractivity contribution in [2.45, 2.75) is 6.42 Å². The molecule has 1 aromatic carbocycles. The fraction of sp³-hybridized carbons (Fsp3) is 0.143. The van der Waals surface area contributed by atoms with Crippen LogP contribution in [-0.4, -0.2) is 20.4 Å². The largest absolute Gasteiger partial charge is 0.281 e. The van der Waals surface area contributed by atoms with E-state index in [1.807, 2.05) is 28.8 Å². The van der Waals surface area contributed by atoms with Gasteiger partial charge in [-0.1, -0.05) is 11.6 Å². The van der Waals surface area contributed by atoms with E-state index in [1.54, 1.807) is 6.20 Å². The third-order valence-corrected chi connectivity index (χ3v) is 4.85. The van der Waals surface area contributed by atoms with E-state index in [0.717, 1.165) is 31.6 Å². The maximum atomic E-state index is 6.07. The Morgan fingerprint density at radius 3 is 2.71 bits per heavy atom. The molecule has 0 bridgehead atoms. The molecule has 3 nitrogen and oxygen atoms in total. The van der Waals surface area contributed by atoms with Crippen molar-refractivity contribution in [3.05, 3.63) is 50.3 Å². The number of hydrogen-bond donors (Lipinski definition) is 0. The third kappa shape index (κ3) is 2.97. The Morgan fingerprint density at radius 2 is 2.00 bits per heavy atom. The lowest BCUT2D eigenvalue weighted by Gasteiger charge is -2.09. The molecule has 0 fully saturated rings. The van der Waals surface area contributed by atoms with E-state index in [1.165, 1.54) is 0 Å². The highest BCUT2D eigenvalue weighted by molar-refractivity contribution is 9.10. The highest BCUT2D eigenvalue weighted by Gasteiger charge is 2.14. The van der Waals surface area contributed by atoms with Gasteiger partial charge in [0, 0.05) is 27.4 Å². The molecule has 0 aliphatic heterocycles. The van der Waals surface area contributed by atoms with E-state index in [2.05, 4.69) is 41.8 Å². The van der Waals surface area contributed by atoms with Gasteiger partial charge in [0.25, 0.3) is 0 Å². The zero-order chi connectivity index (χ0) is 15.0. The summed E-state index contributed by atoms with van der Waals surface area (Å²) in [5.74, 6) is 1.37. The average Bonchev–Trinajstić information content (AvgIpc) is 2.79. The predicted octanol–water partition coefficient (Wildman–Crippen LogP) is 5.38. The Kier molecular flexibility index (Phi) is 4.54. The number of halogens is 4. The Morgan fingerprint density at radius 1 is 1.19 bits per heavy atom. The molecule has 2 aromatic heterocycles. The van der Waals surface area contributed by atoms with E-state index in [9.17, 15) is 0 Å². The number of aryl methyl sites for hydroxylation is 1. The molecule has 3 rings (SSSR count). The molecule has 108 valence electrons. The summed E-state index contributed by atoms with van der Waals surface area (Å²) in [7, 11) is 0. The SMILES string of the molecule is ClCCc1nc2cc(Br)cnc2n1-c1ccc(Cl)c(Br)c1. The highest BCUT2D eigenvalue weighted by atomic mass is 79.9. The van der Waals surface area contributed by atoms with Crippen LogP contribution in [0.5, 0.6) is 0 Å². The molecule has 0 aliphatic rings. The Hall–Kier alpha value is -0.620. The van der Waals surface area contributed by atoms with Crippen LogP contribution in [0.4, 0.5) is 0 Å². The van der Waals surface area contributed by atoms with Gasteiger partial charge in [-0.15, -0.1) is 11.6 Å². The van der Waals surface area contributed by atoms with Crippen LogP contribution in [0.15, 0.2) is 39.4 Å². The van der Waals surface area contributed by atoms with Gasteiger partial charge in [0.15, 0.2) is 5.65 Å². The zero-order valence-electron chi connectivity index (χ0n) is 10.7. The normalized spacial score (nSPS) is 11.2. The maximum absolute atomic E-state index is 6.07. The molecule has 7 heteroatoms. The topological polar surface area (TPSA) is 30.7 Å². The molecule has 0 spiro atoms. The lowest BCUT2D eigenvalue weighted by atomic mass is 10.3. The minimum Gasteiger partial charge on any atom is -0.281 e. The Bertz CT molecular complexity index is 817. The van der Waals surface area contributed by atoms with Crippen LogP contribution in [-0.2, 0) is 6.42 Å². The van der Waals surface area contributed by atoms with Crippen LogP contribution in [0, 0.1) is 0 Å². The van der Waals surface area contributed by atoms with Gasteiger partial charge < -0.3 is 0 Å². The van der Waals surface area contributed by atoms with E-state index < -0.39 is 0 Å². The first-order valence-electron chi connectivity index (χ1n) is 6.14. The molecule has 2 heterocycles. The predicted molar refractivity (Wildman–Crippen MR) is 93.7 cm³/mol. The number of pyridine rings is 1. The number of fused-ring (bicyclic) bond motifs is 1. The molecule has 21 heavy (non-hydrogen) atoms. The molecule has 0 N–H and O–H groups in total. The first-order valence-corrected chi connectivity index (χ1v) is 8.64. The minimum absolute atomic E-state index is 0.499. The van der Waals surface area contributed by atoms with Gasteiger partial charge >= 0.3 is 0 Å². The van der Waals surface area contributed by atoms with Gasteiger partial charge in [-0.3, -0.25) is 4.57 Å². The first-order chi connectivity index (χ1) is 10.1. The molecule has 0 aliphatic carbocycles. The molecular weight excluding hydrogens is 441 g/mol. The monoisotopic (exact) mass is 447 g/mol. The van der Waals surface area contributed by atoms with Crippen LogP contribution in [0.25, 0.3) is 16.9 Å². The summed E-state index contributed by atoms with van der Waals surface area (Å²) in [5, 5.41) is 0.665. The second-order valence-electron chi connectivity index (χ2n) is 4.40. The molecular formula is C14H9Br2Cl2N3. The van der Waals surface area contributed by atoms with Crippen LogP contribution >= 0.6 is 55.1 Å². The van der Waals surface area contributed by atoms with Crippen molar-refractivity contribution in [3.8, 4) is 5.69 Å². The summed E-state index contributed by atoms with van der Waals surface area (Å²) in [5.41, 5.74) is 2.58. The van der Waals surface area contributed by atoms with Crippen LogP contribution in [0.3, 0.4) is 0 Å². The number of imidazole rings is 1. The Balaban J connectivity index is 2.27. The van der Waals surface area contributed by atoms with E-state index >= 15 is 0 Å². The smallest absolute Gasteiger partial charge is 0.164 e. The number of benzene rings is 1. The summed E-state index contributed by atoms with van der Waals surface area (Å²) in [4.78, 5) is 9.10. The van der Waals surface area contributed by atoms with E-state index in [4.69, 9.17) is 23.2 Å². The van der Waals surface area contributed by atoms with E-state index in [0.29, 0.717) is 17.3 Å². The fourth-order valence-electron chi connectivity index (χ4n) is 2.13. The van der Waals surface area contributed by atoms with Gasteiger partial charge in [0.05, 0.1) is 10.7 Å². The highest BCUT2D eigenvalue weighted by Crippen LogP contribution is 2.28. The van der Waals surface area contributed by atoms with Gasteiger partial charge in [0.2, 0.25) is 0 Å². The van der Waals surface area contributed by atoms with Crippen molar-refractivity contribution >= 4 is 66.2 Å². The molecule has 0 saturated carbocycles. The Labute approximate surface area is 148 Å². The standard InChI is InChI=1S/C14H9Br2Cl2N3/c15-8-5-12-14(19-7-8)21(13(20-12)3-4-17)9-1-2-11(18)10(16)6-9/h1-2,5-7H,3-4H2. The zero-order valence-corrected chi connectivity index (χ0v) is 15.3. The summed E-state index contributed by atoms with van der Waals surface area (Å²) in [6.45, 7) is 0. The second-order valence-corrected chi connectivity index (χ2v) is 6.95. The summed E-state index contributed by atoms with van der Waals surface area (Å²) >= 11 is 18.8. The van der Waals surface area contributed by atoms with Crippen molar-refractivity contribution in [2.75, 3.05) is 5.88 Å². The van der Waals surface area contributed by atoms with Crippen LogP contribution < -0.4 is 0 Å². The lowest BCUT2D eigenvalue weighted by molar-refractivity contribution is 0.905. The number of hydrogen-bond acceptors (Lipinski definition) is 2. The van der Waals surface area contributed by atoms with Crippen LogP contribution in [0.2, 0.25) is 5.02 Å². The molecule has 0 amide bonds. The number of rotatable bonds is 3. The molecule has 0 saturated heterocycles. The maximum Gasteiger partial charge on any atom is 0.164 e. The third-order valence-electron chi connectivity index (χ3n) is 3.01. The lowest BCUT2D eigenvalue weighted by Crippen LogP contribution is -2.03. The molecule has 0 radical (unpaired) electrons. The number of aromatic nitrogens is 3. The molecule has 3 aromatic rings. The number of nitrogens with zero attached hydrogens (tertiary/aromatic N) is 3. The minimum atomic E-state index is 0.499. The number of alkyl halides is 1. The van der Waals surface area contributed by atoms with E-state index in [-0.39, 0.29) is 0 Å².